The number of carbonyl (C=O) groups is 2. The van der Waals surface area contributed by atoms with Crippen molar-refractivity contribution in [2.45, 2.75) is 73.1 Å². The first-order valence-corrected chi connectivity index (χ1v) is 8.08. The Balaban J connectivity index is 4.29. The lowest BCUT2D eigenvalue weighted by molar-refractivity contribution is -0.133. The van der Waals surface area contributed by atoms with E-state index in [0.29, 0.717) is 5.78 Å². The Kier molecular flexibility index (Phi) is 8.75. The highest BCUT2D eigenvalue weighted by Gasteiger charge is 2.33. The Morgan fingerprint density at radius 3 is 2.05 bits per heavy atom. The molecule has 0 aromatic rings. The summed E-state index contributed by atoms with van der Waals surface area (Å²) in [6.45, 7) is 10.8. The smallest absolute Gasteiger partial charge is 0.219 e. The van der Waals surface area contributed by atoms with E-state index in [1.807, 2.05) is 7.05 Å². The van der Waals surface area contributed by atoms with Crippen molar-refractivity contribution in [2.24, 2.45) is 11.3 Å². The summed E-state index contributed by atoms with van der Waals surface area (Å²) in [5, 5.41) is 0. The average molecular weight is 283 g/mol. The van der Waals surface area contributed by atoms with Crippen LogP contribution in [0.25, 0.3) is 0 Å². The normalized spacial score (nSPS) is 13.1. The molecule has 0 heterocycles. The lowest BCUT2D eigenvalue weighted by atomic mass is 9.73. The average Bonchev–Trinajstić information content (AvgIpc) is 2.45. The van der Waals surface area contributed by atoms with Gasteiger partial charge in [-0.2, -0.15) is 0 Å². The summed E-state index contributed by atoms with van der Waals surface area (Å²) < 4.78 is 0. The summed E-state index contributed by atoms with van der Waals surface area (Å²) in [6.07, 6.45) is 5.73. The SMILES string of the molecule is CCC(CCCCN(C)C(C)=O)C(=O)C(C)(CC)CC. The molecule has 0 rings (SSSR count). The fraction of sp³-hybridized carbons (Fsp3) is 0.882. The Labute approximate surface area is 125 Å². The highest BCUT2D eigenvalue weighted by Crippen LogP contribution is 2.32. The zero-order chi connectivity index (χ0) is 15.8. The van der Waals surface area contributed by atoms with Gasteiger partial charge in [-0.05, 0) is 32.1 Å². The molecule has 0 fully saturated rings. The maximum atomic E-state index is 12.6. The molecule has 0 aliphatic carbocycles. The summed E-state index contributed by atoms with van der Waals surface area (Å²) in [5.74, 6) is 0.727. The number of Topliss-reactive ketones (excluding diaryl/α,β-unsaturated/α-hetero) is 1. The molecule has 0 saturated heterocycles. The van der Waals surface area contributed by atoms with Gasteiger partial charge in [-0.3, -0.25) is 9.59 Å². The van der Waals surface area contributed by atoms with Crippen molar-refractivity contribution in [3.05, 3.63) is 0 Å². The molecule has 1 unspecified atom stereocenters. The summed E-state index contributed by atoms with van der Waals surface area (Å²) in [6, 6.07) is 0. The van der Waals surface area contributed by atoms with Crippen molar-refractivity contribution in [3.63, 3.8) is 0 Å². The second kappa shape index (κ2) is 9.15. The number of hydrogen-bond donors (Lipinski definition) is 0. The van der Waals surface area contributed by atoms with Gasteiger partial charge in [0.2, 0.25) is 5.91 Å². The van der Waals surface area contributed by atoms with Gasteiger partial charge in [-0.15, -0.1) is 0 Å². The molecule has 20 heavy (non-hydrogen) atoms. The first kappa shape index (κ1) is 19.1. The van der Waals surface area contributed by atoms with E-state index in [-0.39, 0.29) is 17.2 Å². The van der Waals surface area contributed by atoms with Gasteiger partial charge >= 0.3 is 0 Å². The molecule has 0 spiro atoms. The van der Waals surface area contributed by atoms with Gasteiger partial charge in [0.15, 0.2) is 0 Å². The number of unbranched alkanes of at least 4 members (excludes halogenated alkanes) is 1. The Bertz CT molecular complexity index is 308. The molecular formula is C17H33NO2. The Morgan fingerprint density at radius 2 is 1.65 bits per heavy atom. The molecule has 0 aromatic carbocycles. The van der Waals surface area contributed by atoms with Crippen LogP contribution in [0.2, 0.25) is 0 Å². The maximum Gasteiger partial charge on any atom is 0.219 e. The van der Waals surface area contributed by atoms with Crippen molar-refractivity contribution < 1.29 is 9.59 Å². The molecule has 118 valence electrons. The van der Waals surface area contributed by atoms with E-state index in [9.17, 15) is 9.59 Å². The molecule has 0 aliphatic rings. The zero-order valence-electron chi connectivity index (χ0n) is 14.3. The van der Waals surface area contributed by atoms with Crippen LogP contribution < -0.4 is 0 Å². The third-order valence-electron chi connectivity index (χ3n) is 4.85. The number of amides is 1. The van der Waals surface area contributed by atoms with Crippen LogP contribution in [0, 0.1) is 11.3 Å². The quantitative estimate of drug-likeness (QED) is 0.567. The number of ketones is 1. The van der Waals surface area contributed by atoms with E-state index in [4.69, 9.17) is 0 Å². The highest BCUT2D eigenvalue weighted by molar-refractivity contribution is 5.86. The van der Waals surface area contributed by atoms with Gasteiger partial charge in [0.1, 0.15) is 5.78 Å². The monoisotopic (exact) mass is 283 g/mol. The number of hydrogen-bond acceptors (Lipinski definition) is 2. The predicted molar refractivity (Wildman–Crippen MR) is 84.6 cm³/mol. The summed E-state index contributed by atoms with van der Waals surface area (Å²) in [7, 11) is 1.83. The van der Waals surface area contributed by atoms with Crippen LogP contribution >= 0.6 is 0 Å². The number of rotatable bonds is 10. The van der Waals surface area contributed by atoms with Gasteiger partial charge in [-0.1, -0.05) is 34.1 Å². The number of carbonyl (C=O) groups excluding carboxylic acids is 2. The van der Waals surface area contributed by atoms with Crippen molar-refractivity contribution in [3.8, 4) is 0 Å². The molecule has 1 amide bonds. The lowest BCUT2D eigenvalue weighted by Gasteiger charge is -2.29. The van der Waals surface area contributed by atoms with Gasteiger partial charge in [0.25, 0.3) is 0 Å². The van der Waals surface area contributed by atoms with Crippen molar-refractivity contribution in [1.82, 2.24) is 4.90 Å². The number of nitrogens with zero attached hydrogens (tertiary/aromatic N) is 1. The van der Waals surface area contributed by atoms with Gasteiger partial charge in [0.05, 0.1) is 0 Å². The molecule has 3 heteroatoms. The van der Waals surface area contributed by atoms with E-state index in [1.165, 1.54) is 0 Å². The minimum absolute atomic E-state index is 0.109. The van der Waals surface area contributed by atoms with Crippen molar-refractivity contribution in [2.75, 3.05) is 13.6 Å². The second-order valence-electron chi connectivity index (χ2n) is 6.17. The third-order valence-corrected chi connectivity index (χ3v) is 4.85. The summed E-state index contributed by atoms with van der Waals surface area (Å²) in [4.78, 5) is 25.5. The second-order valence-corrected chi connectivity index (χ2v) is 6.17. The van der Waals surface area contributed by atoms with Crippen LogP contribution in [0.15, 0.2) is 0 Å². The third kappa shape index (κ3) is 5.64. The fourth-order valence-electron chi connectivity index (χ4n) is 2.51. The van der Waals surface area contributed by atoms with Crippen LogP contribution in [0.1, 0.15) is 73.1 Å². The van der Waals surface area contributed by atoms with Crippen LogP contribution in [0.3, 0.4) is 0 Å². The van der Waals surface area contributed by atoms with Crippen LogP contribution in [0.4, 0.5) is 0 Å². The Morgan fingerprint density at radius 1 is 1.10 bits per heavy atom. The van der Waals surface area contributed by atoms with Crippen molar-refractivity contribution in [1.29, 1.82) is 0 Å². The van der Waals surface area contributed by atoms with Gasteiger partial charge in [0, 0.05) is 31.8 Å². The summed E-state index contributed by atoms with van der Waals surface area (Å²) in [5.41, 5.74) is -0.156. The highest BCUT2D eigenvalue weighted by atomic mass is 16.2. The molecular weight excluding hydrogens is 250 g/mol. The van der Waals surface area contributed by atoms with Crippen molar-refractivity contribution >= 4 is 11.7 Å². The molecule has 0 saturated carbocycles. The largest absolute Gasteiger partial charge is 0.346 e. The van der Waals surface area contributed by atoms with E-state index < -0.39 is 0 Å². The van der Waals surface area contributed by atoms with Gasteiger partial charge in [-0.25, -0.2) is 0 Å². The van der Waals surface area contributed by atoms with E-state index >= 15 is 0 Å². The zero-order valence-corrected chi connectivity index (χ0v) is 14.3. The molecule has 0 N–H and O–H groups in total. The van der Waals surface area contributed by atoms with Crippen LogP contribution in [-0.2, 0) is 9.59 Å². The molecule has 0 aliphatic heterocycles. The molecule has 3 nitrogen and oxygen atoms in total. The van der Waals surface area contributed by atoms with Crippen LogP contribution in [0.5, 0.6) is 0 Å². The first-order valence-electron chi connectivity index (χ1n) is 8.08. The molecule has 1 atom stereocenters. The maximum absolute atomic E-state index is 12.6. The minimum atomic E-state index is -0.156. The fourth-order valence-corrected chi connectivity index (χ4v) is 2.51. The first-order chi connectivity index (χ1) is 9.32. The summed E-state index contributed by atoms with van der Waals surface area (Å²) >= 11 is 0. The minimum Gasteiger partial charge on any atom is -0.346 e. The Hall–Kier alpha value is -0.860. The molecule has 0 aromatic heterocycles. The lowest BCUT2D eigenvalue weighted by Crippen LogP contribution is -2.32. The standard InChI is InChI=1S/C17H33NO2/c1-7-15(16(20)17(5,8-2)9-3)12-10-11-13-18(6)14(4)19/h15H,7-13H2,1-6H3. The van der Waals surface area contributed by atoms with Gasteiger partial charge < -0.3 is 4.90 Å². The molecule has 0 bridgehead atoms. The van der Waals surface area contributed by atoms with E-state index in [0.717, 1.165) is 45.1 Å². The molecule has 0 radical (unpaired) electrons. The predicted octanol–water partition coefficient (Wildman–Crippen LogP) is 4.06. The van der Waals surface area contributed by atoms with E-state index in [2.05, 4.69) is 27.7 Å². The topological polar surface area (TPSA) is 37.4 Å². The van der Waals surface area contributed by atoms with Crippen LogP contribution in [-0.4, -0.2) is 30.2 Å². The van der Waals surface area contributed by atoms with E-state index in [1.54, 1.807) is 11.8 Å².